The highest BCUT2D eigenvalue weighted by molar-refractivity contribution is 5.74. The van der Waals surface area contributed by atoms with E-state index >= 15 is 4.39 Å². The fourth-order valence-electron chi connectivity index (χ4n) is 4.76. The highest BCUT2D eigenvalue weighted by Gasteiger charge is 2.30. The molecule has 0 unspecified atom stereocenters. The lowest BCUT2D eigenvalue weighted by atomic mass is 9.90. The lowest BCUT2D eigenvalue weighted by Crippen LogP contribution is -2.24. The lowest BCUT2D eigenvalue weighted by Gasteiger charge is -2.29. The Bertz CT molecular complexity index is 1600. The maximum absolute atomic E-state index is 15.1. The molecule has 0 spiro atoms. The van der Waals surface area contributed by atoms with Crippen molar-refractivity contribution >= 4 is 5.65 Å². The van der Waals surface area contributed by atoms with Crippen LogP contribution in [0, 0.1) is 29.9 Å². The van der Waals surface area contributed by atoms with Crippen LogP contribution in [0.4, 0.5) is 8.78 Å². The number of rotatable bonds is 4. The number of hydrogen-bond donors (Lipinski definition) is 0. The minimum absolute atomic E-state index is 0.0561. The molecule has 36 heavy (non-hydrogen) atoms. The van der Waals surface area contributed by atoms with Crippen LogP contribution < -0.4 is 5.56 Å². The largest absolute Gasteiger partial charge is 0.373 e. The van der Waals surface area contributed by atoms with Crippen LogP contribution >= 0.6 is 0 Å². The van der Waals surface area contributed by atoms with Crippen LogP contribution in [0.25, 0.3) is 16.9 Å². The van der Waals surface area contributed by atoms with Crippen LogP contribution in [0.1, 0.15) is 66.3 Å². The molecule has 1 saturated heterocycles. The van der Waals surface area contributed by atoms with Crippen LogP contribution in [0.15, 0.2) is 41.6 Å². The number of nitrogens with zero attached hydrogens (tertiary/aromatic N) is 6. The van der Waals surface area contributed by atoms with E-state index in [9.17, 15) is 9.18 Å². The smallest absolute Gasteiger partial charge is 0.294 e. The van der Waals surface area contributed by atoms with Crippen molar-refractivity contribution in [1.29, 1.82) is 5.26 Å². The van der Waals surface area contributed by atoms with Crippen LogP contribution in [0.2, 0.25) is 0 Å². The maximum atomic E-state index is 15.1. The molecule has 6 rings (SSSR count). The Hall–Kier alpha value is -3.97. The lowest BCUT2D eigenvalue weighted by molar-refractivity contribution is 0.00454. The third-order valence-corrected chi connectivity index (χ3v) is 6.91. The minimum atomic E-state index is -0.965. The first-order valence-electron chi connectivity index (χ1n) is 11.9. The summed E-state index contributed by atoms with van der Waals surface area (Å²) in [5, 5.41) is 13.6. The molecule has 2 fully saturated rings. The molecule has 4 aromatic rings. The van der Waals surface area contributed by atoms with Crippen LogP contribution in [-0.2, 0) is 4.74 Å². The Kier molecular flexibility index (Phi) is 5.38. The van der Waals surface area contributed by atoms with Crippen LogP contribution in [-0.4, -0.2) is 30.8 Å². The molecule has 2 aliphatic rings. The standard InChI is InChI=1S/C26H22F2N6O2/c1-14-23(28)26(35)33-13-21(32-24(25(33)31-14)19-5-2-15(10-29)8-20(19)27)16-6-7-36-22(9-16)17-11-30-34(12-17)18-3-4-18/h2,5,8,11-13,16,18,22H,3-4,6-7,9H2,1H3/t16-,22+/m0/s1. The van der Waals surface area contributed by atoms with Gasteiger partial charge in [-0.2, -0.15) is 14.8 Å². The first kappa shape index (κ1) is 22.5. The Morgan fingerprint density at radius 1 is 1.17 bits per heavy atom. The fraction of sp³-hybridized carbons (Fsp3) is 0.346. The van der Waals surface area contributed by atoms with Gasteiger partial charge in [-0.05, 0) is 50.8 Å². The summed E-state index contributed by atoms with van der Waals surface area (Å²) < 4.78 is 38.7. The zero-order valence-electron chi connectivity index (χ0n) is 19.5. The predicted molar refractivity (Wildman–Crippen MR) is 125 cm³/mol. The number of ether oxygens (including phenoxy) is 1. The summed E-state index contributed by atoms with van der Waals surface area (Å²) in [5.41, 5.74) is 0.959. The number of nitriles is 1. The summed E-state index contributed by atoms with van der Waals surface area (Å²) >= 11 is 0. The van der Waals surface area contributed by atoms with Crippen molar-refractivity contribution in [3.8, 4) is 17.3 Å². The van der Waals surface area contributed by atoms with Crippen LogP contribution in [0.5, 0.6) is 0 Å². The summed E-state index contributed by atoms with van der Waals surface area (Å²) in [6, 6.07) is 6.38. The second kappa shape index (κ2) is 8.60. The number of fused-ring (bicyclic) bond motifs is 1. The molecule has 1 aromatic carbocycles. The Balaban J connectivity index is 1.45. The third kappa shape index (κ3) is 3.85. The van der Waals surface area contributed by atoms with E-state index in [2.05, 4.69) is 10.1 Å². The van der Waals surface area contributed by atoms with Crippen LogP contribution in [0.3, 0.4) is 0 Å². The number of aryl methyl sites for hydroxylation is 1. The predicted octanol–water partition coefficient (Wildman–Crippen LogP) is 4.38. The van der Waals surface area contributed by atoms with Crippen molar-refractivity contribution in [3.63, 3.8) is 0 Å². The molecule has 0 amide bonds. The highest BCUT2D eigenvalue weighted by atomic mass is 19.1. The van der Waals surface area contributed by atoms with Gasteiger partial charge in [0.1, 0.15) is 11.5 Å². The van der Waals surface area contributed by atoms with E-state index in [-0.39, 0.29) is 40.2 Å². The molecule has 0 radical (unpaired) electrons. The molecule has 2 atom stereocenters. The summed E-state index contributed by atoms with van der Waals surface area (Å²) in [5.74, 6) is -1.75. The van der Waals surface area contributed by atoms with Gasteiger partial charge in [0.25, 0.3) is 5.56 Å². The summed E-state index contributed by atoms with van der Waals surface area (Å²) in [4.78, 5) is 21.8. The second-order valence-corrected chi connectivity index (χ2v) is 9.40. The number of hydrogen-bond acceptors (Lipinski definition) is 6. The molecule has 1 saturated carbocycles. The molecule has 1 aliphatic heterocycles. The summed E-state index contributed by atoms with van der Waals surface area (Å²) in [6.07, 6.45) is 8.62. The zero-order chi connectivity index (χ0) is 25.0. The molecule has 1 aliphatic carbocycles. The normalized spacial score (nSPS) is 19.9. The van der Waals surface area contributed by atoms with E-state index in [1.54, 1.807) is 0 Å². The molecule has 0 N–H and O–H groups in total. The zero-order valence-corrected chi connectivity index (χ0v) is 19.5. The first-order chi connectivity index (χ1) is 17.4. The Labute approximate surface area is 204 Å². The van der Waals surface area contributed by atoms with Gasteiger partial charge in [0, 0.05) is 36.0 Å². The third-order valence-electron chi connectivity index (χ3n) is 6.91. The average molecular weight is 488 g/mol. The molecule has 3 aromatic heterocycles. The van der Waals surface area contributed by atoms with Gasteiger partial charge in [-0.25, -0.2) is 14.4 Å². The van der Waals surface area contributed by atoms with E-state index in [1.165, 1.54) is 25.3 Å². The van der Waals surface area contributed by atoms with Crippen molar-refractivity contribution in [2.75, 3.05) is 6.61 Å². The van der Waals surface area contributed by atoms with Gasteiger partial charge in [0.2, 0.25) is 5.82 Å². The maximum Gasteiger partial charge on any atom is 0.294 e. The summed E-state index contributed by atoms with van der Waals surface area (Å²) in [7, 11) is 0. The summed E-state index contributed by atoms with van der Waals surface area (Å²) in [6.45, 7) is 1.86. The van der Waals surface area contributed by atoms with Gasteiger partial charge >= 0.3 is 0 Å². The van der Waals surface area contributed by atoms with E-state index in [4.69, 9.17) is 15.0 Å². The van der Waals surface area contributed by atoms with Crippen molar-refractivity contribution in [2.45, 2.75) is 50.7 Å². The van der Waals surface area contributed by atoms with E-state index in [0.717, 1.165) is 28.9 Å². The van der Waals surface area contributed by atoms with Gasteiger partial charge < -0.3 is 4.74 Å². The SMILES string of the molecule is Cc1nc2c(-c3ccc(C#N)cc3F)nc([C@H]3CCO[C@@H](c4cnn(C5CC5)c4)C3)cn2c(=O)c1F. The number of aromatic nitrogens is 5. The molecule has 10 heteroatoms. The van der Waals surface area contributed by atoms with Crippen molar-refractivity contribution in [3.05, 3.63) is 81.3 Å². The fourth-order valence-corrected chi connectivity index (χ4v) is 4.76. The van der Waals surface area contributed by atoms with Gasteiger partial charge in [0.05, 0.1) is 41.4 Å². The van der Waals surface area contributed by atoms with E-state index in [1.807, 2.05) is 23.1 Å². The number of benzene rings is 1. The van der Waals surface area contributed by atoms with Crippen molar-refractivity contribution in [2.24, 2.45) is 0 Å². The minimum Gasteiger partial charge on any atom is -0.373 e. The van der Waals surface area contributed by atoms with Gasteiger partial charge in [-0.15, -0.1) is 0 Å². The molecule has 8 nitrogen and oxygen atoms in total. The van der Waals surface area contributed by atoms with Gasteiger partial charge in [-0.3, -0.25) is 13.9 Å². The van der Waals surface area contributed by atoms with Gasteiger partial charge in [0.15, 0.2) is 5.65 Å². The highest BCUT2D eigenvalue weighted by Crippen LogP contribution is 2.40. The van der Waals surface area contributed by atoms with Gasteiger partial charge in [-0.1, -0.05) is 0 Å². The first-order valence-corrected chi connectivity index (χ1v) is 11.9. The van der Waals surface area contributed by atoms with E-state index in [0.29, 0.717) is 31.2 Å². The Morgan fingerprint density at radius 3 is 2.75 bits per heavy atom. The Morgan fingerprint density at radius 2 is 2.00 bits per heavy atom. The topological polar surface area (TPSA) is 98.1 Å². The quantitative estimate of drug-likeness (QED) is 0.423. The molecule has 182 valence electrons. The molecular weight excluding hydrogens is 466 g/mol. The number of halogens is 2. The van der Waals surface area contributed by atoms with Crippen molar-refractivity contribution < 1.29 is 13.5 Å². The molecular formula is C26H22F2N6O2. The van der Waals surface area contributed by atoms with E-state index < -0.39 is 17.2 Å². The monoisotopic (exact) mass is 488 g/mol. The van der Waals surface area contributed by atoms with Crippen molar-refractivity contribution in [1.82, 2.24) is 24.1 Å². The second-order valence-electron chi connectivity index (χ2n) is 9.40. The molecule has 0 bridgehead atoms. The average Bonchev–Trinajstić information content (AvgIpc) is 3.63. The molecule has 4 heterocycles.